The molecule has 2 aromatic rings. The Bertz CT molecular complexity index is 843. The number of nitrogens with zero attached hydrogens (tertiary/aromatic N) is 2. The summed E-state index contributed by atoms with van der Waals surface area (Å²) >= 11 is 12.1. The molecule has 0 aromatic heterocycles. The second kappa shape index (κ2) is 8.19. The number of para-hydroxylation sites is 1. The number of fused-ring (bicyclic) bond motifs is 1. The molecule has 27 heavy (non-hydrogen) atoms. The number of carbonyl (C=O) groups excluding carboxylic acids is 1. The van der Waals surface area contributed by atoms with E-state index in [2.05, 4.69) is 11.0 Å². The van der Waals surface area contributed by atoms with Gasteiger partial charge < -0.3 is 9.64 Å². The molecule has 0 saturated carbocycles. The van der Waals surface area contributed by atoms with Crippen LogP contribution in [-0.2, 0) is 16.0 Å². The zero-order chi connectivity index (χ0) is 18.8. The highest BCUT2D eigenvalue weighted by molar-refractivity contribution is 6.42. The van der Waals surface area contributed by atoms with E-state index in [1.807, 2.05) is 35.2 Å². The van der Waals surface area contributed by atoms with Crippen LogP contribution in [0.15, 0.2) is 42.5 Å². The van der Waals surface area contributed by atoms with Crippen LogP contribution in [0.3, 0.4) is 0 Å². The van der Waals surface area contributed by atoms with Crippen molar-refractivity contribution in [2.24, 2.45) is 0 Å². The Morgan fingerprint density at radius 3 is 2.81 bits per heavy atom. The van der Waals surface area contributed by atoms with Crippen molar-refractivity contribution in [3.05, 3.63) is 63.6 Å². The van der Waals surface area contributed by atoms with Crippen LogP contribution in [0, 0.1) is 0 Å². The van der Waals surface area contributed by atoms with Gasteiger partial charge in [0.1, 0.15) is 0 Å². The lowest BCUT2D eigenvalue weighted by Gasteiger charge is -2.33. The molecule has 1 fully saturated rings. The number of carbonyl (C=O) groups is 1. The normalized spacial score (nSPS) is 19.9. The molecular weight excluding hydrogens is 383 g/mol. The van der Waals surface area contributed by atoms with E-state index >= 15 is 0 Å². The first-order valence-electron chi connectivity index (χ1n) is 9.29. The molecule has 4 rings (SSSR count). The highest BCUT2D eigenvalue weighted by Crippen LogP contribution is 2.30. The number of halogens is 2. The van der Waals surface area contributed by atoms with Gasteiger partial charge in [0, 0.05) is 38.3 Å². The van der Waals surface area contributed by atoms with E-state index < -0.39 is 0 Å². The Morgan fingerprint density at radius 2 is 1.96 bits per heavy atom. The van der Waals surface area contributed by atoms with Crippen molar-refractivity contribution in [3.63, 3.8) is 0 Å². The smallest absolute Gasteiger partial charge is 0.228 e. The molecule has 2 aliphatic heterocycles. The molecule has 4 nitrogen and oxygen atoms in total. The van der Waals surface area contributed by atoms with Gasteiger partial charge in [-0.3, -0.25) is 9.69 Å². The van der Waals surface area contributed by atoms with Gasteiger partial charge >= 0.3 is 0 Å². The van der Waals surface area contributed by atoms with Gasteiger partial charge in [-0.05, 0) is 35.7 Å². The molecule has 0 spiro atoms. The predicted octanol–water partition coefficient (Wildman–Crippen LogP) is 4.35. The minimum Gasteiger partial charge on any atom is -0.371 e. The maximum absolute atomic E-state index is 12.7. The molecule has 0 radical (unpaired) electrons. The van der Waals surface area contributed by atoms with Gasteiger partial charge in [0.05, 0.1) is 22.8 Å². The van der Waals surface area contributed by atoms with Crippen molar-refractivity contribution >= 4 is 34.8 Å². The van der Waals surface area contributed by atoms with E-state index in [-0.39, 0.29) is 12.0 Å². The minimum absolute atomic E-state index is 0.0452. The van der Waals surface area contributed by atoms with Crippen molar-refractivity contribution < 1.29 is 9.53 Å². The highest BCUT2D eigenvalue weighted by Gasteiger charge is 2.26. The summed E-state index contributed by atoms with van der Waals surface area (Å²) in [5, 5.41) is 1.09. The van der Waals surface area contributed by atoms with Gasteiger partial charge in [-0.2, -0.15) is 0 Å². The lowest BCUT2D eigenvalue weighted by atomic mass is 10.1. The van der Waals surface area contributed by atoms with Crippen LogP contribution in [0.1, 0.15) is 23.7 Å². The van der Waals surface area contributed by atoms with E-state index in [9.17, 15) is 4.79 Å². The summed E-state index contributed by atoms with van der Waals surface area (Å²) in [7, 11) is 0. The van der Waals surface area contributed by atoms with E-state index in [0.29, 0.717) is 23.1 Å². The summed E-state index contributed by atoms with van der Waals surface area (Å²) in [6, 6.07) is 13.8. The van der Waals surface area contributed by atoms with Crippen LogP contribution < -0.4 is 4.90 Å². The maximum Gasteiger partial charge on any atom is 0.228 e. The first-order valence-corrected chi connectivity index (χ1v) is 10.0. The molecule has 6 heteroatoms. The van der Waals surface area contributed by atoms with Crippen LogP contribution in [-0.4, -0.2) is 43.6 Å². The molecule has 1 saturated heterocycles. The number of anilines is 1. The van der Waals surface area contributed by atoms with Gasteiger partial charge in [0.2, 0.25) is 5.91 Å². The second-order valence-electron chi connectivity index (χ2n) is 7.01. The van der Waals surface area contributed by atoms with Crippen molar-refractivity contribution in [3.8, 4) is 0 Å². The van der Waals surface area contributed by atoms with Gasteiger partial charge in [-0.15, -0.1) is 0 Å². The lowest BCUT2D eigenvalue weighted by molar-refractivity contribution is -0.119. The molecule has 2 aliphatic rings. The first kappa shape index (κ1) is 18.8. The number of amides is 1. The number of benzene rings is 2. The second-order valence-corrected chi connectivity index (χ2v) is 7.82. The Kier molecular flexibility index (Phi) is 5.69. The Balaban J connectivity index is 1.34. The Labute approximate surface area is 169 Å². The summed E-state index contributed by atoms with van der Waals surface area (Å²) in [6.07, 6.45) is 1.41. The van der Waals surface area contributed by atoms with Crippen molar-refractivity contribution in [1.82, 2.24) is 4.90 Å². The summed E-state index contributed by atoms with van der Waals surface area (Å²) < 4.78 is 5.90. The molecule has 1 amide bonds. The maximum atomic E-state index is 12.7. The van der Waals surface area contributed by atoms with Gasteiger partial charge in [-0.1, -0.05) is 47.5 Å². The van der Waals surface area contributed by atoms with Crippen LogP contribution >= 0.6 is 23.2 Å². The molecular formula is C21H22Cl2N2O2. The topological polar surface area (TPSA) is 32.8 Å². The Morgan fingerprint density at radius 1 is 1.11 bits per heavy atom. The molecule has 1 atom stereocenters. The summed E-state index contributed by atoms with van der Waals surface area (Å²) in [6.45, 7) is 3.75. The van der Waals surface area contributed by atoms with Gasteiger partial charge in [-0.25, -0.2) is 0 Å². The molecule has 0 bridgehead atoms. The quantitative estimate of drug-likeness (QED) is 0.759. The average Bonchev–Trinajstić information content (AvgIpc) is 3.13. The standard InChI is InChI=1S/C21H22Cl2N2O2/c22-17-6-5-16(13-18(17)23)20-14-24(11-12-27-20)9-8-21(26)25-10-7-15-3-1-2-4-19(15)25/h1-6,13,20H,7-12,14H2. The number of hydrogen-bond donors (Lipinski definition) is 0. The third-order valence-corrected chi connectivity index (χ3v) is 6.04. The molecule has 1 unspecified atom stereocenters. The molecule has 2 aromatic carbocycles. The average molecular weight is 405 g/mol. The lowest BCUT2D eigenvalue weighted by Crippen LogP contribution is -2.41. The largest absolute Gasteiger partial charge is 0.371 e. The van der Waals surface area contributed by atoms with Crippen LogP contribution in [0.5, 0.6) is 0 Å². The third kappa shape index (κ3) is 4.14. The van der Waals surface area contributed by atoms with Crippen molar-refractivity contribution in [1.29, 1.82) is 0 Å². The summed E-state index contributed by atoms with van der Waals surface area (Å²) in [5.41, 5.74) is 3.35. The van der Waals surface area contributed by atoms with E-state index in [0.717, 1.165) is 43.9 Å². The van der Waals surface area contributed by atoms with E-state index in [1.54, 1.807) is 6.07 Å². The van der Waals surface area contributed by atoms with E-state index in [1.165, 1.54) is 5.56 Å². The predicted molar refractivity (Wildman–Crippen MR) is 109 cm³/mol. The zero-order valence-electron chi connectivity index (χ0n) is 15.0. The number of ether oxygens (including phenoxy) is 1. The van der Waals surface area contributed by atoms with Crippen LogP contribution in [0.4, 0.5) is 5.69 Å². The van der Waals surface area contributed by atoms with Gasteiger partial charge in [0.15, 0.2) is 0 Å². The zero-order valence-corrected chi connectivity index (χ0v) is 16.5. The SMILES string of the molecule is O=C(CCN1CCOC(c2ccc(Cl)c(Cl)c2)C1)N1CCc2ccccc21. The van der Waals surface area contributed by atoms with Crippen molar-refractivity contribution in [2.75, 3.05) is 37.7 Å². The fourth-order valence-corrected chi connectivity index (χ4v) is 4.11. The molecule has 0 N–H and O–H groups in total. The summed E-state index contributed by atoms with van der Waals surface area (Å²) in [5.74, 6) is 0.192. The highest BCUT2D eigenvalue weighted by atomic mass is 35.5. The fraction of sp³-hybridized carbons (Fsp3) is 0.381. The van der Waals surface area contributed by atoms with Gasteiger partial charge in [0.25, 0.3) is 0 Å². The summed E-state index contributed by atoms with van der Waals surface area (Å²) in [4.78, 5) is 16.9. The molecule has 142 valence electrons. The number of rotatable bonds is 4. The van der Waals surface area contributed by atoms with E-state index in [4.69, 9.17) is 27.9 Å². The Hall–Kier alpha value is -1.59. The molecule has 2 heterocycles. The van der Waals surface area contributed by atoms with Crippen LogP contribution in [0.2, 0.25) is 10.0 Å². The third-order valence-electron chi connectivity index (χ3n) is 5.30. The number of morpholine rings is 1. The number of hydrogen-bond acceptors (Lipinski definition) is 3. The molecule has 0 aliphatic carbocycles. The van der Waals surface area contributed by atoms with Crippen LogP contribution in [0.25, 0.3) is 0 Å². The monoisotopic (exact) mass is 404 g/mol. The minimum atomic E-state index is -0.0452. The fourth-order valence-electron chi connectivity index (χ4n) is 3.81. The first-order chi connectivity index (χ1) is 13.1. The van der Waals surface area contributed by atoms with Crippen molar-refractivity contribution in [2.45, 2.75) is 18.9 Å².